The number of nitro groups is 1. The van der Waals surface area contributed by atoms with E-state index in [0.717, 1.165) is 0 Å². The Morgan fingerprint density at radius 1 is 1.40 bits per heavy atom. The largest absolute Gasteiger partial charge is 0.511 e. The van der Waals surface area contributed by atoms with E-state index in [1.165, 1.54) is 31.2 Å². The molecule has 0 saturated heterocycles. The Bertz CT molecular complexity index is 616. The second-order valence-corrected chi connectivity index (χ2v) is 4.32. The number of aliphatic hydroxyl groups excluding tert-OH is 1. The highest BCUT2D eigenvalue weighted by Gasteiger charge is 2.32. The number of ether oxygens (including phenoxy) is 1. The minimum absolute atomic E-state index is 0.0293. The van der Waals surface area contributed by atoms with E-state index < -0.39 is 22.8 Å². The van der Waals surface area contributed by atoms with Crippen molar-refractivity contribution in [3.63, 3.8) is 0 Å². The first-order valence-electron chi connectivity index (χ1n) is 5.78. The summed E-state index contributed by atoms with van der Waals surface area (Å²) < 4.78 is 5.07. The minimum Gasteiger partial charge on any atom is -0.511 e. The molecular formula is C13H11NO6. The predicted molar refractivity (Wildman–Crippen MR) is 66.9 cm³/mol. The Morgan fingerprint density at radius 3 is 2.45 bits per heavy atom. The first-order valence-corrected chi connectivity index (χ1v) is 5.78. The summed E-state index contributed by atoms with van der Waals surface area (Å²) in [5.74, 6) is -1.77. The van der Waals surface area contributed by atoms with Crippen LogP contribution in [0.3, 0.4) is 0 Å². The number of aliphatic hydroxyl groups is 1. The van der Waals surface area contributed by atoms with Gasteiger partial charge in [0.15, 0.2) is 5.78 Å². The van der Waals surface area contributed by atoms with Crippen LogP contribution < -0.4 is 0 Å². The van der Waals surface area contributed by atoms with Crippen molar-refractivity contribution in [3.8, 4) is 0 Å². The van der Waals surface area contributed by atoms with Gasteiger partial charge in [-0.25, -0.2) is 4.79 Å². The fourth-order valence-electron chi connectivity index (χ4n) is 1.97. The van der Waals surface area contributed by atoms with Crippen molar-refractivity contribution >= 4 is 17.4 Å². The van der Waals surface area contributed by atoms with E-state index in [9.17, 15) is 24.8 Å². The van der Waals surface area contributed by atoms with E-state index in [4.69, 9.17) is 4.74 Å². The number of nitrogens with zero attached hydrogens (tertiary/aromatic N) is 1. The summed E-state index contributed by atoms with van der Waals surface area (Å²) >= 11 is 0. The summed E-state index contributed by atoms with van der Waals surface area (Å²) in [6.07, 6.45) is -0.787. The number of benzene rings is 1. The zero-order chi connectivity index (χ0) is 14.9. The monoisotopic (exact) mass is 277 g/mol. The van der Waals surface area contributed by atoms with Crippen LogP contribution in [0.1, 0.15) is 25.0 Å². The van der Waals surface area contributed by atoms with Crippen LogP contribution in [0.15, 0.2) is 35.6 Å². The van der Waals surface area contributed by atoms with Crippen LogP contribution in [0.5, 0.6) is 0 Å². The van der Waals surface area contributed by atoms with Gasteiger partial charge in [-0.05, 0) is 24.6 Å². The minimum atomic E-state index is -0.885. The van der Waals surface area contributed by atoms with Gasteiger partial charge in [0.25, 0.3) is 5.69 Å². The molecule has 1 heterocycles. The van der Waals surface area contributed by atoms with E-state index >= 15 is 0 Å². The van der Waals surface area contributed by atoms with Gasteiger partial charge in [-0.15, -0.1) is 0 Å². The van der Waals surface area contributed by atoms with Gasteiger partial charge in [0.05, 0.1) is 4.92 Å². The highest BCUT2D eigenvalue weighted by atomic mass is 16.6. The number of carbonyl (C=O) groups is 2. The average molecular weight is 277 g/mol. The van der Waals surface area contributed by atoms with Gasteiger partial charge in [-0.2, -0.15) is 0 Å². The van der Waals surface area contributed by atoms with Crippen molar-refractivity contribution in [3.05, 3.63) is 51.3 Å². The topological polar surface area (TPSA) is 107 Å². The summed E-state index contributed by atoms with van der Waals surface area (Å²) in [6, 6.07) is 5.46. The standard InChI is InChI=1S/C13H11NO6/c1-7(15)12-10(16)6-11(20-13(12)17)8-2-4-9(5-3-8)14(18)19/h2-5,11,16H,6H2,1H3. The first kappa shape index (κ1) is 13.7. The fraction of sp³-hybridized carbons (Fsp3) is 0.231. The van der Waals surface area contributed by atoms with Crippen molar-refractivity contribution in [2.24, 2.45) is 0 Å². The molecule has 0 bridgehead atoms. The molecular weight excluding hydrogens is 266 g/mol. The Labute approximate surface area is 113 Å². The van der Waals surface area contributed by atoms with Crippen molar-refractivity contribution in [2.75, 3.05) is 0 Å². The van der Waals surface area contributed by atoms with Crippen LogP contribution in [0.2, 0.25) is 0 Å². The van der Waals surface area contributed by atoms with Crippen molar-refractivity contribution in [1.29, 1.82) is 0 Å². The average Bonchev–Trinajstić information content (AvgIpc) is 2.37. The maximum atomic E-state index is 11.6. The van der Waals surface area contributed by atoms with E-state index in [1.807, 2.05) is 0 Å². The highest BCUT2D eigenvalue weighted by Crippen LogP contribution is 2.32. The van der Waals surface area contributed by atoms with Crippen molar-refractivity contribution in [1.82, 2.24) is 0 Å². The van der Waals surface area contributed by atoms with E-state index in [-0.39, 0.29) is 23.4 Å². The molecule has 0 amide bonds. The molecule has 1 aliphatic rings. The Kier molecular flexibility index (Phi) is 3.51. The van der Waals surface area contributed by atoms with Gasteiger partial charge < -0.3 is 9.84 Å². The Morgan fingerprint density at radius 2 is 2.00 bits per heavy atom. The van der Waals surface area contributed by atoms with Crippen LogP contribution in [-0.2, 0) is 14.3 Å². The van der Waals surface area contributed by atoms with E-state index in [1.54, 1.807) is 0 Å². The van der Waals surface area contributed by atoms with Gasteiger partial charge in [0.1, 0.15) is 17.4 Å². The molecule has 2 rings (SSSR count). The lowest BCUT2D eigenvalue weighted by Gasteiger charge is -2.23. The van der Waals surface area contributed by atoms with E-state index in [0.29, 0.717) is 5.56 Å². The molecule has 104 valence electrons. The fourth-order valence-corrected chi connectivity index (χ4v) is 1.97. The number of rotatable bonds is 3. The summed E-state index contributed by atoms with van der Waals surface area (Å²) in [6.45, 7) is 1.17. The molecule has 1 aromatic carbocycles. The molecule has 0 aromatic heterocycles. The second-order valence-electron chi connectivity index (χ2n) is 4.32. The lowest BCUT2D eigenvalue weighted by atomic mass is 9.99. The number of hydrogen-bond acceptors (Lipinski definition) is 6. The number of cyclic esters (lactones) is 1. The van der Waals surface area contributed by atoms with Crippen molar-refractivity contribution < 1.29 is 24.4 Å². The maximum Gasteiger partial charge on any atom is 0.345 e. The lowest BCUT2D eigenvalue weighted by Crippen LogP contribution is -2.24. The predicted octanol–water partition coefficient (Wildman–Crippen LogP) is 1.98. The molecule has 7 heteroatoms. The smallest absolute Gasteiger partial charge is 0.345 e. The normalized spacial score (nSPS) is 18.6. The number of ketones is 1. The summed E-state index contributed by atoms with van der Waals surface area (Å²) in [5, 5.41) is 20.3. The molecule has 20 heavy (non-hydrogen) atoms. The number of Topliss-reactive ketones (excluding diaryl/α,β-unsaturated/α-hetero) is 1. The van der Waals surface area contributed by atoms with Crippen LogP contribution in [0, 0.1) is 10.1 Å². The third kappa shape index (κ3) is 2.51. The van der Waals surface area contributed by atoms with Crippen LogP contribution in [0.4, 0.5) is 5.69 Å². The SMILES string of the molecule is CC(=O)C1=C(O)CC(c2ccc([N+](=O)[O-])cc2)OC1=O. The molecule has 1 N–H and O–H groups in total. The maximum absolute atomic E-state index is 11.6. The quantitative estimate of drug-likeness (QED) is 0.392. The Hall–Kier alpha value is -2.70. The van der Waals surface area contributed by atoms with Gasteiger partial charge in [0.2, 0.25) is 0 Å². The molecule has 0 spiro atoms. The molecule has 0 saturated carbocycles. The first-order chi connectivity index (χ1) is 9.40. The molecule has 1 atom stereocenters. The summed E-state index contributed by atoms with van der Waals surface area (Å²) in [5.41, 5.74) is 0.0846. The van der Waals surface area contributed by atoms with Crippen molar-refractivity contribution in [2.45, 2.75) is 19.4 Å². The van der Waals surface area contributed by atoms with Crippen LogP contribution in [0.25, 0.3) is 0 Å². The zero-order valence-corrected chi connectivity index (χ0v) is 10.5. The van der Waals surface area contributed by atoms with Crippen LogP contribution >= 0.6 is 0 Å². The van der Waals surface area contributed by atoms with Crippen LogP contribution in [-0.4, -0.2) is 21.8 Å². The third-order valence-electron chi connectivity index (χ3n) is 2.95. The van der Waals surface area contributed by atoms with Gasteiger partial charge in [-0.1, -0.05) is 0 Å². The molecule has 0 radical (unpaired) electrons. The molecule has 0 aliphatic carbocycles. The van der Waals surface area contributed by atoms with Gasteiger partial charge in [0, 0.05) is 18.6 Å². The highest BCUT2D eigenvalue weighted by molar-refractivity contribution is 6.17. The number of hydrogen-bond donors (Lipinski definition) is 1. The number of esters is 1. The molecule has 0 fully saturated rings. The number of carbonyl (C=O) groups excluding carboxylic acids is 2. The molecule has 1 aromatic rings. The summed E-state index contributed by atoms with van der Waals surface area (Å²) in [7, 11) is 0. The summed E-state index contributed by atoms with van der Waals surface area (Å²) in [4.78, 5) is 32.8. The number of nitro benzene ring substituents is 1. The van der Waals surface area contributed by atoms with Gasteiger partial charge in [-0.3, -0.25) is 14.9 Å². The Balaban J connectivity index is 2.26. The third-order valence-corrected chi connectivity index (χ3v) is 2.95. The molecule has 1 aliphatic heterocycles. The van der Waals surface area contributed by atoms with Gasteiger partial charge >= 0.3 is 5.97 Å². The number of non-ortho nitro benzene ring substituents is 1. The lowest BCUT2D eigenvalue weighted by molar-refractivity contribution is -0.384. The molecule has 1 unspecified atom stereocenters. The zero-order valence-electron chi connectivity index (χ0n) is 10.5. The van der Waals surface area contributed by atoms with E-state index in [2.05, 4.69) is 0 Å². The second kappa shape index (κ2) is 5.12. The molecule has 7 nitrogen and oxygen atoms in total.